The average molecular weight is 463 g/mol. The van der Waals surface area contributed by atoms with Gasteiger partial charge in [0.25, 0.3) is 0 Å². The third kappa shape index (κ3) is 5.01. The topological polar surface area (TPSA) is 92.7 Å². The van der Waals surface area contributed by atoms with Gasteiger partial charge in [0.15, 0.2) is 0 Å². The number of hydrogen-bond donors (Lipinski definition) is 2. The van der Waals surface area contributed by atoms with Crippen LogP contribution in [0.3, 0.4) is 0 Å². The van der Waals surface area contributed by atoms with Gasteiger partial charge in [0, 0.05) is 17.6 Å². The van der Waals surface area contributed by atoms with E-state index in [1.54, 1.807) is 37.6 Å². The molecule has 0 aliphatic heterocycles. The summed E-state index contributed by atoms with van der Waals surface area (Å²) in [4.78, 5) is 24.3. The molecule has 0 fully saturated rings. The molecule has 33 heavy (non-hydrogen) atoms. The van der Waals surface area contributed by atoms with Crippen LogP contribution in [-0.4, -0.2) is 43.1 Å². The normalized spacial score (nSPS) is 13.6. The fourth-order valence-electron chi connectivity index (χ4n) is 4.24. The molecule has 3 aromatic rings. The predicted octanol–water partition coefficient (Wildman–Crippen LogP) is 4.47. The Balaban J connectivity index is 1.44. The van der Waals surface area contributed by atoms with Gasteiger partial charge in [-0.05, 0) is 47.2 Å². The third-order valence-electron chi connectivity index (χ3n) is 5.91. The summed E-state index contributed by atoms with van der Waals surface area (Å²) in [5.41, 5.74) is 5.09. The lowest BCUT2D eigenvalue weighted by Crippen LogP contribution is -2.43. The molecule has 1 unspecified atom stereocenters. The van der Waals surface area contributed by atoms with E-state index < -0.39 is 25.2 Å². The molecule has 2 N–H and O–H groups in total. The summed E-state index contributed by atoms with van der Waals surface area (Å²) in [5.74, 6) is -1.27. The van der Waals surface area contributed by atoms with Crippen molar-refractivity contribution in [2.75, 3.05) is 19.9 Å². The number of carbonyl (C=O) groups is 2. The summed E-state index contributed by atoms with van der Waals surface area (Å²) in [6.07, 6.45) is -0.718. The number of ether oxygens (including phenoxy) is 1. The summed E-state index contributed by atoms with van der Waals surface area (Å²) < 4.78 is 17.8. The van der Waals surface area contributed by atoms with Crippen LogP contribution in [0.15, 0.2) is 72.8 Å². The van der Waals surface area contributed by atoms with Gasteiger partial charge in [-0.3, -0.25) is 0 Å². The molecule has 0 heterocycles. The number of nitrogens with one attached hydrogen (secondary N) is 1. The van der Waals surface area contributed by atoms with Crippen LogP contribution in [0.25, 0.3) is 11.1 Å². The number of alkyl carbamates (subject to hydrolysis) is 1. The zero-order valence-electron chi connectivity index (χ0n) is 18.5. The lowest BCUT2D eigenvalue weighted by atomic mass is 9.98. The SMILES string of the molecule is CP(C)(=O)c1cccc(CC(NC(=O)OCC2c3ccccc3-c3ccccc32)C(=O)O)c1. The molecule has 4 rings (SSSR count). The van der Waals surface area contributed by atoms with Crippen molar-refractivity contribution < 1.29 is 24.0 Å². The maximum Gasteiger partial charge on any atom is 0.407 e. The second-order valence-electron chi connectivity index (χ2n) is 8.59. The molecule has 0 aromatic heterocycles. The van der Waals surface area contributed by atoms with Crippen LogP contribution >= 0.6 is 7.14 Å². The van der Waals surface area contributed by atoms with Gasteiger partial charge in [-0.2, -0.15) is 0 Å². The summed E-state index contributed by atoms with van der Waals surface area (Å²) >= 11 is 0. The van der Waals surface area contributed by atoms with E-state index in [1.807, 2.05) is 48.5 Å². The highest BCUT2D eigenvalue weighted by Gasteiger charge is 2.30. The highest BCUT2D eigenvalue weighted by molar-refractivity contribution is 7.70. The van der Waals surface area contributed by atoms with E-state index in [4.69, 9.17) is 4.74 Å². The Morgan fingerprint density at radius 1 is 0.970 bits per heavy atom. The monoisotopic (exact) mass is 463 g/mol. The number of carboxylic acid groups (broad SMARTS) is 1. The van der Waals surface area contributed by atoms with E-state index in [-0.39, 0.29) is 18.9 Å². The molecular weight excluding hydrogens is 437 g/mol. The summed E-state index contributed by atoms with van der Waals surface area (Å²) in [7, 11) is -2.48. The van der Waals surface area contributed by atoms with Crippen LogP contribution in [0, 0.1) is 0 Å². The minimum atomic E-state index is -2.48. The van der Waals surface area contributed by atoms with Crippen LogP contribution in [0.4, 0.5) is 4.79 Å². The minimum Gasteiger partial charge on any atom is -0.480 e. The zero-order valence-corrected chi connectivity index (χ0v) is 19.4. The standard InChI is InChI=1S/C26H26NO5P/c1-33(2,31)18-9-7-8-17(14-18)15-24(25(28)29)27-26(30)32-16-23-21-12-5-3-10-19(21)20-11-4-6-13-22(20)23/h3-14,23-24H,15-16H2,1-2H3,(H,27,30)(H,28,29). The Morgan fingerprint density at radius 3 is 2.15 bits per heavy atom. The third-order valence-corrected chi connectivity index (χ3v) is 7.43. The van der Waals surface area contributed by atoms with E-state index in [1.165, 1.54) is 0 Å². The lowest BCUT2D eigenvalue weighted by Gasteiger charge is -2.18. The van der Waals surface area contributed by atoms with Gasteiger partial charge in [-0.15, -0.1) is 0 Å². The largest absolute Gasteiger partial charge is 0.480 e. The van der Waals surface area contributed by atoms with Crippen LogP contribution in [0.1, 0.15) is 22.6 Å². The van der Waals surface area contributed by atoms with Crippen LogP contribution < -0.4 is 10.6 Å². The minimum absolute atomic E-state index is 0.0629. The smallest absolute Gasteiger partial charge is 0.407 e. The number of fused-ring (bicyclic) bond motifs is 3. The fraction of sp³-hybridized carbons (Fsp3) is 0.231. The zero-order chi connectivity index (χ0) is 23.6. The Bertz CT molecular complexity index is 1200. The molecule has 0 spiro atoms. The molecule has 3 aromatic carbocycles. The van der Waals surface area contributed by atoms with Crippen LogP contribution in [0.5, 0.6) is 0 Å². The first-order chi connectivity index (χ1) is 15.7. The van der Waals surface area contributed by atoms with Crippen molar-refractivity contribution in [2.24, 2.45) is 0 Å². The molecular formula is C26H26NO5P. The predicted molar refractivity (Wildman–Crippen MR) is 129 cm³/mol. The maximum atomic E-state index is 12.5. The Labute approximate surface area is 193 Å². The summed E-state index contributed by atoms with van der Waals surface area (Å²) in [6.45, 7) is 3.43. The molecule has 0 saturated carbocycles. The molecule has 6 nitrogen and oxygen atoms in total. The van der Waals surface area contributed by atoms with Gasteiger partial charge in [-0.1, -0.05) is 66.7 Å². The van der Waals surface area contributed by atoms with Crippen LogP contribution in [-0.2, 0) is 20.5 Å². The second-order valence-corrected chi connectivity index (χ2v) is 11.8. The van der Waals surface area contributed by atoms with Crippen LogP contribution in [0.2, 0.25) is 0 Å². The Morgan fingerprint density at radius 2 is 1.58 bits per heavy atom. The van der Waals surface area contributed by atoms with Crippen molar-refractivity contribution in [1.82, 2.24) is 5.32 Å². The number of hydrogen-bond acceptors (Lipinski definition) is 4. The average Bonchev–Trinajstić information content (AvgIpc) is 3.10. The highest BCUT2D eigenvalue weighted by atomic mass is 31.2. The molecule has 0 bridgehead atoms. The number of rotatable bonds is 7. The number of amides is 1. The molecule has 7 heteroatoms. The van der Waals surface area contributed by atoms with E-state index in [0.29, 0.717) is 10.9 Å². The van der Waals surface area contributed by atoms with Gasteiger partial charge in [-0.25, -0.2) is 9.59 Å². The number of benzene rings is 3. The highest BCUT2D eigenvalue weighted by Crippen LogP contribution is 2.44. The first-order valence-corrected chi connectivity index (χ1v) is 13.3. The van der Waals surface area contributed by atoms with E-state index in [2.05, 4.69) is 5.32 Å². The molecule has 0 radical (unpaired) electrons. The van der Waals surface area contributed by atoms with Gasteiger partial charge in [0.2, 0.25) is 0 Å². The van der Waals surface area contributed by atoms with Crippen molar-refractivity contribution in [1.29, 1.82) is 0 Å². The van der Waals surface area contributed by atoms with Gasteiger partial charge in [0.1, 0.15) is 19.8 Å². The number of carbonyl (C=O) groups excluding carboxylic acids is 1. The van der Waals surface area contributed by atoms with E-state index in [9.17, 15) is 19.3 Å². The molecule has 0 saturated heterocycles. The van der Waals surface area contributed by atoms with E-state index in [0.717, 1.165) is 22.3 Å². The quantitative estimate of drug-likeness (QED) is 0.505. The molecule has 1 aliphatic rings. The number of carboxylic acids is 1. The van der Waals surface area contributed by atoms with Crippen molar-refractivity contribution in [3.05, 3.63) is 89.5 Å². The fourth-order valence-corrected chi connectivity index (χ4v) is 5.16. The Hall–Kier alpha value is -3.37. The lowest BCUT2D eigenvalue weighted by molar-refractivity contribution is -0.139. The van der Waals surface area contributed by atoms with E-state index >= 15 is 0 Å². The first-order valence-electron chi connectivity index (χ1n) is 10.7. The van der Waals surface area contributed by atoms with Gasteiger partial charge >= 0.3 is 12.1 Å². The van der Waals surface area contributed by atoms with Crippen molar-refractivity contribution in [2.45, 2.75) is 18.4 Å². The second kappa shape index (κ2) is 9.24. The van der Waals surface area contributed by atoms with Gasteiger partial charge in [0.05, 0.1) is 0 Å². The van der Waals surface area contributed by atoms with Crippen molar-refractivity contribution >= 4 is 24.5 Å². The first kappa shape index (κ1) is 22.8. The molecule has 1 amide bonds. The summed E-state index contributed by atoms with van der Waals surface area (Å²) in [6, 6.07) is 21.9. The molecule has 170 valence electrons. The van der Waals surface area contributed by atoms with Gasteiger partial charge < -0.3 is 19.7 Å². The number of aliphatic carboxylic acids is 1. The molecule has 1 atom stereocenters. The van der Waals surface area contributed by atoms with Crippen molar-refractivity contribution in [3.63, 3.8) is 0 Å². The summed E-state index contributed by atoms with van der Waals surface area (Å²) in [5, 5.41) is 12.8. The van der Waals surface area contributed by atoms with Crippen molar-refractivity contribution in [3.8, 4) is 11.1 Å². The molecule has 1 aliphatic carbocycles. The maximum absolute atomic E-state index is 12.5. The Kier molecular flexibility index (Phi) is 6.39.